The summed E-state index contributed by atoms with van der Waals surface area (Å²) in [4.78, 5) is 25.2. The van der Waals surface area contributed by atoms with Gasteiger partial charge in [0, 0.05) is 11.8 Å². The van der Waals surface area contributed by atoms with E-state index in [9.17, 15) is 18.5 Å². The lowest BCUT2D eigenvalue weighted by molar-refractivity contribution is 0.0341. The van der Waals surface area contributed by atoms with Gasteiger partial charge < -0.3 is 18.5 Å². The molecule has 2 rings (SSSR count). The molecular formula is C21H30FN2O7P. The normalized spacial score (nSPS) is 12.8. The van der Waals surface area contributed by atoms with E-state index < -0.39 is 38.0 Å². The second kappa shape index (κ2) is 12.8. The average Bonchev–Trinajstić information content (AvgIpc) is 2.78. The molecule has 0 radical (unpaired) electrons. The number of halogens is 1. The maximum Gasteiger partial charge on any atom is 0.356 e. The average molecular weight is 472 g/mol. The number of ether oxygens (including phenoxy) is 2. The van der Waals surface area contributed by atoms with E-state index in [0.717, 1.165) is 10.1 Å². The largest absolute Gasteiger partial charge is 0.361 e. The van der Waals surface area contributed by atoms with E-state index in [0.29, 0.717) is 5.56 Å². The van der Waals surface area contributed by atoms with Crippen LogP contribution in [0.2, 0.25) is 0 Å². The van der Waals surface area contributed by atoms with Crippen LogP contribution in [0.1, 0.15) is 25.0 Å². The Balaban J connectivity index is 2.11. The minimum absolute atomic E-state index is 0.146. The number of aryl methyl sites for hydroxylation is 1. The fourth-order valence-corrected chi connectivity index (χ4v) is 4.34. The van der Waals surface area contributed by atoms with Crippen molar-refractivity contribution in [1.29, 1.82) is 0 Å². The van der Waals surface area contributed by atoms with Crippen LogP contribution in [0.5, 0.6) is 0 Å². The molecule has 0 amide bonds. The molecule has 0 bridgehead atoms. The summed E-state index contributed by atoms with van der Waals surface area (Å²) in [7, 11) is -3.53. The third-order valence-electron chi connectivity index (χ3n) is 4.43. The van der Waals surface area contributed by atoms with Crippen LogP contribution in [0.4, 0.5) is 4.39 Å². The number of hydrogen-bond donors (Lipinski definition) is 0. The molecule has 11 heteroatoms. The second-order valence-corrected chi connectivity index (χ2v) is 8.96. The minimum atomic E-state index is -3.53. The van der Waals surface area contributed by atoms with Gasteiger partial charge in [-0.2, -0.15) is 0 Å². The number of benzene rings is 1. The molecule has 0 aliphatic rings. The summed E-state index contributed by atoms with van der Waals surface area (Å²) in [6.45, 7) is 4.01. The first-order valence-electron chi connectivity index (χ1n) is 10.3. The van der Waals surface area contributed by atoms with Crippen LogP contribution < -0.4 is 11.2 Å². The zero-order chi connectivity index (χ0) is 23.6. The van der Waals surface area contributed by atoms with E-state index in [4.69, 9.17) is 18.5 Å². The SMILES string of the molecule is CCOP(=O)(COC(CF)Cn1cc(C)c(=O)n(COCc2ccccc2)c1=O)OCC. The minimum Gasteiger partial charge on any atom is -0.361 e. The Morgan fingerprint density at radius 3 is 2.34 bits per heavy atom. The van der Waals surface area contributed by atoms with Gasteiger partial charge in [-0.05, 0) is 26.3 Å². The van der Waals surface area contributed by atoms with Crippen molar-refractivity contribution < 1.29 is 27.5 Å². The van der Waals surface area contributed by atoms with Gasteiger partial charge in [0.2, 0.25) is 0 Å². The molecular weight excluding hydrogens is 442 g/mol. The summed E-state index contributed by atoms with van der Waals surface area (Å²) in [5.41, 5.74) is 0.0370. The van der Waals surface area contributed by atoms with E-state index in [1.807, 2.05) is 30.3 Å². The van der Waals surface area contributed by atoms with Crippen molar-refractivity contribution in [2.24, 2.45) is 0 Å². The van der Waals surface area contributed by atoms with Crippen LogP contribution in [0.3, 0.4) is 0 Å². The van der Waals surface area contributed by atoms with Gasteiger partial charge in [-0.15, -0.1) is 0 Å². The number of rotatable bonds is 14. The first-order valence-corrected chi connectivity index (χ1v) is 12.0. The molecule has 0 aliphatic carbocycles. The molecule has 2 aromatic rings. The zero-order valence-electron chi connectivity index (χ0n) is 18.6. The lowest BCUT2D eigenvalue weighted by Crippen LogP contribution is -2.43. The zero-order valence-corrected chi connectivity index (χ0v) is 19.5. The highest BCUT2D eigenvalue weighted by Crippen LogP contribution is 2.48. The van der Waals surface area contributed by atoms with E-state index in [1.165, 1.54) is 10.8 Å². The molecule has 0 N–H and O–H groups in total. The fourth-order valence-electron chi connectivity index (χ4n) is 2.94. The Labute approximate surface area is 186 Å². The van der Waals surface area contributed by atoms with Crippen molar-refractivity contribution in [3.05, 3.63) is 68.5 Å². The van der Waals surface area contributed by atoms with Crippen molar-refractivity contribution in [1.82, 2.24) is 9.13 Å². The van der Waals surface area contributed by atoms with Crippen LogP contribution >= 0.6 is 7.60 Å². The molecule has 9 nitrogen and oxygen atoms in total. The molecule has 1 unspecified atom stereocenters. The molecule has 1 atom stereocenters. The van der Waals surface area contributed by atoms with Crippen molar-refractivity contribution in [2.75, 3.05) is 26.2 Å². The number of aromatic nitrogens is 2. The molecule has 1 aromatic carbocycles. The summed E-state index contributed by atoms with van der Waals surface area (Å²) in [6.07, 6.45) is -0.191. The lowest BCUT2D eigenvalue weighted by Gasteiger charge is -2.21. The number of hydrogen-bond acceptors (Lipinski definition) is 7. The van der Waals surface area contributed by atoms with Gasteiger partial charge in [0.15, 0.2) is 0 Å². The van der Waals surface area contributed by atoms with Gasteiger partial charge in [-0.25, -0.2) is 13.8 Å². The Morgan fingerprint density at radius 1 is 1.09 bits per heavy atom. The molecule has 0 spiro atoms. The maximum atomic E-state index is 13.6. The van der Waals surface area contributed by atoms with Gasteiger partial charge >= 0.3 is 13.3 Å². The van der Waals surface area contributed by atoms with Gasteiger partial charge in [0.25, 0.3) is 5.56 Å². The van der Waals surface area contributed by atoms with E-state index in [-0.39, 0.29) is 33.1 Å². The topological polar surface area (TPSA) is 98.0 Å². The predicted octanol–water partition coefficient (Wildman–Crippen LogP) is 3.07. The summed E-state index contributed by atoms with van der Waals surface area (Å²) in [5, 5.41) is 0. The van der Waals surface area contributed by atoms with Crippen molar-refractivity contribution in [3.8, 4) is 0 Å². The molecule has 1 heterocycles. The standard InChI is InChI=1S/C21H30FN2O7P/c1-4-30-32(27,31-5-2)16-29-19(11-22)13-23-12-17(3)20(25)24(21(23)26)15-28-14-18-9-7-6-8-10-18/h6-10,12,19H,4-5,11,13-16H2,1-3H3. The quantitative estimate of drug-likeness (QED) is 0.390. The summed E-state index contributed by atoms with van der Waals surface area (Å²) >= 11 is 0. The molecule has 0 fully saturated rings. The smallest absolute Gasteiger partial charge is 0.356 e. The Bertz CT molecular complexity index is 999. The third-order valence-corrected chi connectivity index (χ3v) is 6.20. The Kier molecular flexibility index (Phi) is 10.5. The van der Waals surface area contributed by atoms with Crippen LogP contribution in [-0.2, 0) is 43.0 Å². The van der Waals surface area contributed by atoms with Gasteiger partial charge in [-0.3, -0.25) is 13.9 Å². The van der Waals surface area contributed by atoms with Crippen molar-refractivity contribution >= 4 is 7.60 Å². The van der Waals surface area contributed by atoms with Crippen LogP contribution in [-0.4, -0.2) is 41.5 Å². The molecule has 32 heavy (non-hydrogen) atoms. The highest BCUT2D eigenvalue weighted by Gasteiger charge is 2.26. The molecule has 178 valence electrons. The Morgan fingerprint density at radius 2 is 1.75 bits per heavy atom. The number of alkyl halides is 1. The van der Waals surface area contributed by atoms with Crippen LogP contribution in [0.15, 0.2) is 46.1 Å². The monoisotopic (exact) mass is 472 g/mol. The predicted molar refractivity (Wildman–Crippen MR) is 118 cm³/mol. The maximum absolute atomic E-state index is 13.6. The first-order chi connectivity index (χ1) is 15.3. The first kappa shape index (κ1) is 26.2. The summed E-state index contributed by atoms with van der Waals surface area (Å²) < 4.78 is 49.4. The van der Waals surface area contributed by atoms with Crippen LogP contribution in [0.25, 0.3) is 0 Å². The second-order valence-electron chi connectivity index (χ2n) is 6.96. The summed E-state index contributed by atoms with van der Waals surface area (Å²) in [6, 6.07) is 9.32. The van der Waals surface area contributed by atoms with Crippen molar-refractivity contribution in [2.45, 2.75) is 46.8 Å². The fraction of sp³-hybridized carbons (Fsp3) is 0.524. The van der Waals surface area contributed by atoms with E-state index >= 15 is 0 Å². The molecule has 0 saturated heterocycles. The van der Waals surface area contributed by atoms with Crippen LogP contribution in [0, 0.1) is 6.92 Å². The highest BCUT2D eigenvalue weighted by molar-refractivity contribution is 7.53. The van der Waals surface area contributed by atoms with Gasteiger partial charge in [0.05, 0.1) is 26.4 Å². The van der Waals surface area contributed by atoms with E-state index in [1.54, 1.807) is 20.8 Å². The van der Waals surface area contributed by atoms with E-state index in [2.05, 4.69) is 0 Å². The van der Waals surface area contributed by atoms with Gasteiger partial charge in [-0.1, -0.05) is 30.3 Å². The highest BCUT2D eigenvalue weighted by atomic mass is 31.2. The van der Waals surface area contributed by atoms with Gasteiger partial charge in [0.1, 0.15) is 25.9 Å². The summed E-state index contributed by atoms with van der Waals surface area (Å²) in [5.74, 6) is 0. The number of nitrogens with zero attached hydrogens (tertiary/aromatic N) is 2. The lowest BCUT2D eigenvalue weighted by atomic mass is 10.2. The molecule has 0 aliphatic heterocycles. The Hall–Kier alpha value is -2.10. The third kappa shape index (κ3) is 7.50. The molecule has 1 aromatic heterocycles. The van der Waals surface area contributed by atoms with Crippen molar-refractivity contribution in [3.63, 3.8) is 0 Å². The molecule has 0 saturated carbocycles.